The molecule has 0 amide bonds. The third kappa shape index (κ3) is 3.62. The topological polar surface area (TPSA) is 40.5 Å². The second kappa shape index (κ2) is 6.24. The molecule has 0 aliphatic heterocycles. The van der Waals surface area contributed by atoms with Crippen LogP contribution in [0.15, 0.2) is 30.3 Å². The molecule has 18 heavy (non-hydrogen) atoms. The van der Waals surface area contributed by atoms with Gasteiger partial charge in [0.2, 0.25) is 0 Å². The monoisotopic (exact) mass is 247 g/mol. The van der Waals surface area contributed by atoms with Crippen molar-refractivity contribution in [1.29, 1.82) is 0 Å². The van der Waals surface area contributed by atoms with Gasteiger partial charge in [-0.2, -0.15) is 0 Å². The Labute approximate surface area is 109 Å². The number of nitrogens with zero attached hydrogens (tertiary/aromatic N) is 1. The summed E-state index contributed by atoms with van der Waals surface area (Å²) < 4.78 is 0. The molecule has 1 aromatic carbocycles. The fourth-order valence-corrected chi connectivity index (χ4v) is 1.78. The Kier molecular flexibility index (Phi) is 4.95. The van der Waals surface area contributed by atoms with E-state index in [4.69, 9.17) is 5.11 Å². The Morgan fingerprint density at radius 2 is 1.89 bits per heavy atom. The molecule has 1 unspecified atom stereocenters. The van der Waals surface area contributed by atoms with E-state index in [9.17, 15) is 4.79 Å². The van der Waals surface area contributed by atoms with Crippen molar-refractivity contribution in [2.75, 3.05) is 11.9 Å². The molecule has 1 N–H and O–H groups in total. The Balaban J connectivity index is 3.05. The van der Waals surface area contributed by atoms with Crippen LogP contribution in [0.3, 0.4) is 0 Å². The van der Waals surface area contributed by atoms with Crippen molar-refractivity contribution in [3.8, 4) is 0 Å². The van der Waals surface area contributed by atoms with Crippen LogP contribution in [-0.2, 0) is 4.79 Å². The summed E-state index contributed by atoms with van der Waals surface area (Å²) in [6.07, 6.45) is 2.81. The summed E-state index contributed by atoms with van der Waals surface area (Å²) in [6.45, 7) is 6.52. The van der Waals surface area contributed by atoms with Crippen molar-refractivity contribution in [3.63, 3.8) is 0 Å². The number of para-hydroxylation sites is 1. The van der Waals surface area contributed by atoms with E-state index in [1.807, 2.05) is 31.3 Å². The number of anilines is 1. The van der Waals surface area contributed by atoms with Gasteiger partial charge < -0.3 is 10.0 Å². The Bertz CT molecular complexity index is 438. The summed E-state index contributed by atoms with van der Waals surface area (Å²) in [4.78, 5) is 12.8. The highest BCUT2D eigenvalue weighted by atomic mass is 16.4. The lowest BCUT2D eigenvalue weighted by atomic mass is 10.0. The zero-order valence-electron chi connectivity index (χ0n) is 11.4. The number of hydrogen-bond acceptors (Lipinski definition) is 2. The molecular weight excluding hydrogens is 226 g/mol. The molecule has 98 valence electrons. The average Bonchev–Trinajstić information content (AvgIpc) is 2.34. The van der Waals surface area contributed by atoms with Crippen LogP contribution in [0, 0.1) is 5.92 Å². The lowest BCUT2D eigenvalue weighted by Crippen LogP contribution is -2.33. The van der Waals surface area contributed by atoms with E-state index < -0.39 is 5.97 Å². The van der Waals surface area contributed by atoms with Crippen LogP contribution in [0.25, 0.3) is 6.08 Å². The first kappa shape index (κ1) is 14.3. The van der Waals surface area contributed by atoms with E-state index >= 15 is 0 Å². The molecule has 0 aliphatic carbocycles. The van der Waals surface area contributed by atoms with Crippen LogP contribution in [0.4, 0.5) is 5.69 Å². The molecule has 0 aliphatic rings. The third-order valence-electron chi connectivity index (χ3n) is 3.30. The van der Waals surface area contributed by atoms with Gasteiger partial charge in [-0.05, 0) is 30.5 Å². The van der Waals surface area contributed by atoms with Crippen molar-refractivity contribution in [3.05, 3.63) is 35.9 Å². The van der Waals surface area contributed by atoms with Crippen LogP contribution >= 0.6 is 0 Å². The number of carboxylic acids is 1. The molecular formula is C15H21NO2. The molecule has 1 aromatic rings. The number of hydrogen-bond donors (Lipinski definition) is 1. The van der Waals surface area contributed by atoms with Crippen LogP contribution < -0.4 is 4.90 Å². The summed E-state index contributed by atoms with van der Waals surface area (Å²) >= 11 is 0. The molecule has 1 atom stereocenters. The number of carbonyl (C=O) groups is 1. The highest BCUT2D eigenvalue weighted by Crippen LogP contribution is 2.24. The van der Waals surface area contributed by atoms with E-state index in [2.05, 4.69) is 25.7 Å². The predicted octanol–water partition coefficient (Wildman–Crippen LogP) is 3.27. The summed E-state index contributed by atoms with van der Waals surface area (Å²) in [5.41, 5.74) is 1.98. The normalized spacial score (nSPS) is 12.9. The molecule has 1 rings (SSSR count). The number of carboxylic acid groups (broad SMARTS) is 1. The van der Waals surface area contributed by atoms with E-state index in [-0.39, 0.29) is 0 Å². The van der Waals surface area contributed by atoms with Gasteiger partial charge in [0.15, 0.2) is 0 Å². The quantitative estimate of drug-likeness (QED) is 0.812. The van der Waals surface area contributed by atoms with Gasteiger partial charge in [0.1, 0.15) is 0 Å². The zero-order valence-corrected chi connectivity index (χ0v) is 11.4. The number of rotatable bonds is 5. The minimum atomic E-state index is -0.927. The van der Waals surface area contributed by atoms with Crippen molar-refractivity contribution in [2.45, 2.75) is 26.8 Å². The smallest absolute Gasteiger partial charge is 0.328 e. The van der Waals surface area contributed by atoms with Gasteiger partial charge >= 0.3 is 5.97 Å². The Hall–Kier alpha value is -1.77. The van der Waals surface area contributed by atoms with Crippen molar-refractivity contribution >= 4 is 17.7 Å². The molecule has 0 heterocycles. The molecule has 0 saturated carbocycles. The first-order valence-electron chi connectivity index (χ1n) is 6.16. The number of benzene rings is 1. The van der Waals surface area contributed by atoms with Crippen LogP contribution in [0.5, 0.6) is 0 Å². The van der Waals surface area contributed by atoms with Crippen LogP contribution in [-0.4, -0.2) is 24.2 Å². The predicted molar refractivity (Wildman–Crippen MR) is 75.8 cm³/mol. The lowest BCUT2D eigenvalue weighted by molar-refractivity contribution is -0.131. The summed E-state index contributed by atoms with van der Waals surface area (Å²) in [5, 5.41) is 8.70. The van der Waals surface area contributed by atoms with E-state index in [1.54, 1.807) is 6.08 Å². The first-order valence-corrected chi connectivity index (χ1v) is 6.16. The summed E-state index contributed by atoms with van der Waals surface area (Å²) in [5.74, 6) is -0.393. The van der Waals surface area contributed by atoms with Gasteiger partial charge in [0.25, 0.3) is 0 Å². The third-order valence-corrected chi connectivity index (χ3v) is 3.30. The van der Waals surface area contributed by atoms with Gasteiger partial charge in [0.05, 0.1) is 0 Å². The van der Waals surface area contributed by atoms with Gasteiger partial charge in [-0.3, -0.25) is 0 Å². The molecule has 0 saturated heterocycles. The van der Waals surface area contributed by atoms with Gasteiger partial charge in [-0.1, -0.05) is 32.0 Å². The van der Waals surface area contributed by atoms with E-state index in [1.165, 1.54) is 6.08 Å². The minimum Gasteiger partial charge on any atom is -0.478 e. The fraction of sp³-hybridized carbons (Fsp3) is 0.400. The SMILES string of the molecule is CC(C)C(C)N(C)c1ccccc1/C=C/C(=O)O. The maximum absolute atomic E-state index is 10.6. The average molecular weight is 247 g/mol. The van der Waals surface area contributed by atoms with Crippen molar-refractivity contribution < 1.29 is 9.90 Å². The largest absolute Gasteiger partial charge is 0.478 e. The molecule has 0 aromatic heterocycles. The molecule has 0 radical (unpaired) electrons. The second-order valence-corrected chi connectivity index (χ2v) is 4.83. The zero-order chi connectivity index (χ0) is 13.7. The minimum absolute atomic E-state index is 0.393. The standard InChI is InChI=1S/C15H21NO2/c1-11(2)12(3)16(4)14-8-6-5-7-13(14)9-10-15(17)18/h5-12H,1-4H3,(H,17,18)/b10-9+. The molecule has 3 heteroatoms. The molecule has 0 spiro atoms. The highest BCUT2D eigenvalue weighted by molar-refractivity contribution is 5.87. The first-order chi connectivity index (χ1) is 8.43. The molecule has 3 nitrogen and oxygen atoms in total. The summed E-state index contributed by atoms with van der Waals surface area (Å²) in [6, 6.07) is 8.22. The van der Waals surface area contributed by atoms with Gasteiger partial charge in [-0.25, -0.2) is 4.79 Å². The highest BCUT2D eigenvalue weighted by Gasteiger charge is 2.15. The maximum atomic E-state index is 10.6. The Morgan fingerprint density at radius 3 is 2.44 bits per heavy atom. The van der Waals surface area contributed by atoms with Gasteiger partial charge in [0, 0.05) is 24.9 Å². The molecule has 0 fully saturated rings. The van der Waals surface area contributed by atoms with E-state index in [0.717, 1.165) is 11.3 Å². The Morgan fingerprint density at radius 1 is 1.28 bits per heavy atom. The lowest BCUT2D eigenvalue weighted by Gasteiger charge is -2.31. The fourth-order valence-electron chi connectivity index (χ4n) is 1.78. The van der Waals surface area contributed by atoms with Crippen LogP contribution in [0.1, 0.15) is 26.3 Å². The summed E-state index contributed by atoms with van der Waals surface area (Å²) in [7, 11) is 2.04. The van der Waals surface area contributed by atoms with Crippen molar-refractivity contribution in [2.24, 2.45) is 5.92 Å². The van der Waals surface area contributed by atoms with Crippen molar-refractivity contribution in [1.82, 2.24) is 0 Å². The van der Waals surface area contributed by atoms with E-state index in [0.29, 0.717) is 12.0 Å². The number of aliphatic carboxylic acids is 1. The maximum Gasteiger partial charge on any atom is 0.328 e. The second-order valence-electron chi connectivity index (χ2n) is 4.83. The van der Waals surface area contributed by atoms with Crippen LogP contribution in [0.2, 0.25) is 0 Å². The van der Waals surface area contributed by atoms with Gasteiger partial charge in [-0.15, -0.1) is 0 Å². The molecule has 0 bridgehead atoms.